The van der Waals surface area contributed by atoms with Gasteiger partial charge in [0.2, 0.25) is 0 Å². The summed E-state index contributed by atoms with van der Waals surface area (Å²) in [6.07, 6.45) is 0. The fourth-order valence-electron chi connectivity index (χ4n) is 4.22. The number of methoxy groups -OCH3 is 3. The number of ether oxygens (including phenoxy) is 3. The third-order valence-electron chi connectivity index (χ3n) is 6.01. The summed E-state index contributed by atoms with van der Waals surface area (Å²) in [5, 5.41) is 11.8. The lowest BCUT2D eigenvalue weighted by Crippen LogP contribution is -2.29. The van der Waals surface area contributed by atoms with Crippen LogP contribution in [0, 0.1) is 6.92 Å². The van der Waals surface area contributed by atoms with Gasteiger partial charge in [-0.2, -0.15) is 0 Å². The van der Waals surface area contributed by atoms with Gasteiger partial charge in [-0.15, -0.1) is 0 Å². The van der Waals surface area contributed by atoms with Crippen molar-refractivity contribution in [3.63, 3.8) is 0 Å². The van der Waals surface area contributed by atoms with Crippen LogP contribution in [0.3, 0.4) is 0 Å². The number of aryl methyl sites for hydroxylation is 1. The van der Waals surface area contributed by atoms with Gasteiger partial charge in [-0.3, -0.25) is 14.5 Å². The highest BCUT2D eigenvalue weighted by Gasteiger charge is 2.47. The van der Waals surface area contributed by atoms with E-state index in [1.165, 1.54) is 31.3 Å². The van der Waals surface area contributed by atoms with Gasteiger partial charge in [-0.1, -0.05) is 35.9 Å². The third kappa shape index (κ3) is 4.19. The number of carbonyl (C=O) groups is 2. The predicted octanol–water partition coefficient (Wildman–Crippen LogP) is 5.30. The maximum absolute atomic E-state index is 13.4. The van der Waals surface area contributed by atoms with Crippen molar-refractivity contribution in [1.82, 2.24) is 0 Å². The van der Waals surface area contributed by atoms with Crippen molar-refractivity contribution in [2.45, 2.75) is 13.0 Å². The highest BCUT2D eigenvalue weighted by molar-refractivity contribution is 6.51. The largest absolute Gasteiger partial charge is 0.507 e. The Labute approximate surface area is 208 Å². The summed E-state index contributed by atoms with van der Waals surface area (Å²) >= 11 is 6.23. The molecule has 0 aromatic heterocycles. The molecule has 3 aromatic rings. The molecule has 0 saturated carbocycles. The van der Waals surface area contributed by atoms with Crippen molar-refractivity contribution in [3.8, 4) is 17.2 Å². The molecule has 35 heavy (non-hydrogen) atoms. The van der Waals surface area contributed by atoms with Crippen LogP contribution in [0.2, 0.25) is 5.02 Å². The maximum Gasteiger partial charge on any atom is 0.300 e. The molecule has 1 atom stereocenters. The highest BCUT2D eigenvalue weighted by atomic mass is 35.5. The number of hydrogen-bond donors (Lipinski definition) is 1. The minimum absolute atomic E-state index is 0.0669. The zero-order valence-electron chi connectivity index (χ0n) is 19.7. The van der Waals surface area contributed by atoms with E-state index in [9.17, 15) is 14.7 Å². The summed E-state index contributed by atoms with van der Waals surface area (Å²) in [5.74, 6) is -0.846. The normalized spacial score (nSPS) is 16.9. The standard InChI is InChI=1S/C27H24ClNO6/c1-15-7-5-6-8-18(15)24-23(25(30)19-13-22(35-4)20(28)14-21(19)34-3)26(31)27(32)29(24)16-9-11-17(33-2)12-10-16/h5-14,24,30H,1-4H3/b25-23+. The van der Waals surface area contributed by atoms with Crippen LogP contribution in [0.25, 0.3) is 5.76 Å². The first kappa shape index (κ1) is 24.2. The van der Waals surface area contributed by atoms with Crippen LogP contribution in [0.4, 0.5) is 5.69 Å². The summed E-state index contributed by atoms with van der Waals surface area (Å²) < 4.78 is 15.9. The van der Waals surface area contributed by atoms with Gasteiger partial charge in [0.25, 0.3) is 11.7 Å². The molecule has 1 amide bonds. The van der Waals surface area contributed by atoms with Crippen molar-refractivity contribution in [2.75, 3.05) is 26.2 Å². The first-order chi connectivity index (χ1) is 16.8. The van der Waals surface area contributed by atoms with E-state index in [4.69, 9.17) is 25.8 Å². The molecule has 0 bridgehead atoms. The van der Waals surface area contributed by atoms with Crippen LogP contribution in [0.1, 0.15) is 22.7 Å². The van der Waals surface area contributed by atoms with E-state index >= 15 is 0 Å². The van der Waals surface area contributed by atoms with Crippen LogP contribution < -0.4 is 19.1 Å². The van der Waals surface area contributed by atoms with Crippen LogP contribution in [-0.2, 0) is 9.59 Å². The monoisotopic (exact) mass is 493 g/mol. The maximum atomic E-state index is 13.4. The molecular formula is C27H24ClNO6. The minimum atomic E-state index is -0.879. The molecule has 0 radical (unpaired) electrons. The van der Waals surface area contributed by atoms with Gasteiger partial charge in [-0.25, -0.2) is 0 Å². The molecule has 0 spiro atoms. The van der Waals surface area contributed by atoms with Crippen molar-refractivity contribution < 1.29 is 28.9 Å². The van der Waals surface area contributed by atoms with Crippen LogP contribution in [-0.4, -0.2) is 38.1 Å². The second-order valence-electron chi connectivity index (χ2n) is 7.91. The smallest absolute Gasteiger partial charge is 0.300 e. The SMILES string of the molecule is COc1ccc(N2C(=O)C(=O)/C(=C(/O)c3cc(OC)c(Cl)cc3OC)C2c2ccccc2C)cc1. The topological polar surface area (TPSA) is 85.3 Å². The number of halogens is 1. The van der Waals surface area contributed by atoms with E-state index in [2.05, 4.69) is 0 Å². The lowest BCUT2D eigenvalue weighted by atomic mass is 9.92. The number of anilines is 1. The number of amides is 1. The van der Waals surface area contributed by atoms with Gasteiger partial charge >= 0.3 is 0 Å². The number of ketones is 1. The Bertz CT molecular complexity index is 1330. The van der Waals surface area contributed by atoms with E-state index in [-0.39, 0.29) is 33.4 Å². The van der Waals surface area contributed by atoms with Gasteiger partial charge in [0.15, 0.2) is 0 Å². The van der Waals surface area contributed by atoms with Gasteiger partial charge in [0.1, 0.15) is 23.0 Å². The summed E-state index contributed by atoms with van der Waals surface area (Å²) in [5.41, 5.74) is 2.15. The Morgan fingerprint density at radius 3 is 2.17 bits per heavy atom. The molecule has 0 aliphatic carbocycles. The zero-order chi connectivity index (χ0) is 25.3. The number of Topliss-reactive ketones (excluding diaryl/α,β-unsaturated/α-hetero) is 1. The van der Waals surface area contributed by atoms with Crippen molar-refractivity contribution >= 4 is 34.7 Å². The van der Waals surface area contributed by atoms with Crippen molar-refractivity contribution in [1.29, 1.82) is 0 Å². The van der Waals surface area contributed by atoms with E-state index in [0.29, 0.717) is 17.0 Å². The molecule has 3 aromatic carbocycles. The molecule has 8 heteroatoms. The Hall–Kier alpha value is -3.97. The van der Waals surface area contributed by atoms with Gasteiger partial charge in [0, 0.05) is 11.8 Å². The molecule has 4 rings (SSSR count). The first-order valence-electron chi connectivity index (χ1n) is 10.7. The van der Waals surface area contributed by atoms with Crippen molar-refractivity contribution in [3.05, 3.63) is 87.9 Å². The van der Waals surface area contributed by atoms with E-state index in [1.54, 1.807) is 31.4 Å². The summed E-state index contributed by atoms with van der Waals surface area (Å²) in [4.78, 5) is 28.2. The first-order valence-corrected chi connectivity index (χ1v) is 11.1. The Kier molecular flexibility index (Phi) is 6.71. The van der Waals surface area contributed by atoms with Crippen LogP contribution in [0.15, 0.2) is 66.2 Å². The molecule has 180 valence electrons. The molecule has 1 unspecified atom stereocenters. The average molecular weight is 494 g/mol. The number of rotatable bonds is 6. The summed E-state index contributed by atoms with van der Waals surface area (Å²) in [6, 6.07) is 16.3. The number of benzene rings is 3. The Morgan fingerprint density at radius 2 is 1.57 bits per heavy atom. The van der Waals surface area contributed by atoms with E-state index < -0.39 is 17.7 Å². The Balaban J connectivity index is 2.00. The average Bonchev–Trinajstić information content (AvgIpc) is 3.13. The lowest BCUT2D eigenvalue weighted by Gasteiger charge is -2.27. The number of nitrogens with zero attached hydrogens (tertiary/aromatic N) is 1. The molecule has 1 saturated heterocycles. The van der Waals surface area contributed by atoms with Crippen molar-refractivity contribution in [2.24, 2.45) is 0 Å². The molecule has 1 aliphatic rings. The minimum Gasteiger partial charge on any atom is -0.507 e. The van der Waals surface area contributed by atoms with Crippen LogP contribution in [0.5, 0.6) is 17.2 Å². The lowest BCUT2D eigenvalue weighted by molar-refractivity contribution is -0.132. The van der Waals surface area contributed by atoms with E-state index in [0.717, 1.165) is 5.56 Å². The molecule has 1 aliphatic heterocycles. The molecule has 1 fully saturated rings. The number of aliphatic hydroxyl groups excluding tert-OH is 1. The van der Waals surface area contributed by atoms with Gasteiger partial charge < -0.3 is 19.3 Å². The second kappa shape index (κ2) is 9.72. The third-order valence-corrected chi connectivity index (χ3v) is 6.30. The second-order valence-corrected chi connectivity index (χ2v) is 8.32. The Morgan fingerprint density at radius 1 is 0.914 bits per heavy atom. The highest BCUT2D eigenvalue weighted by Crippen LogP contribution is 2.45. The van der Waals surface area contributed by atoms with Crippen LogP contribution >= 0.6 is 11.6 Å². The number of aliphatic hydroxyl groups is 1. The van der Waals surface area contributed by atoms with E-state index in [1.807, 2.05) is 31.2 Å². The fourth-order valence-corrected chi connectivity index (χ4v) is 4.45. The van der Waals surface area contributed by atoms with Gasteiger partial charge in [-0.05, 0) is 48.4 Å². The molecule has 1 heterocycles. The summed E-state index contributed by atoms with van der Waals surface area (Å²) in [6.45, 7) is 1.88. The predicted molar refractivity (Wildman–Crippen MR) is 134 cm³/mol. The van der Waals surface area contributed by atoms with Gasteiger partial charge in [0.05, 0.1) is 43.5 Å². The molecule has 7 nitrogen and oxygen atoms in total. The number of carbonyl (C=O) groups excluding carboxylic acids is 2. The molecule has 1 N–H and O–H groups in total. The quantitative estimate of drug-likeness (QED) is 0.285. The zero-order valence-corrected chi connectivity index (χ0v) is 20.4. The number of hydrogen-bond acceptors (Lipinski definition) is 6. The summed E-state index contributed by atoms with van der Waals surface area (Å²) in [7, 11) is 4.40. The fraction of sp³-hybridized carbons (Fsp3) is 0.185. The molecular weight excluding hydrogens is 470 g/mol.